The number of piperidine rings is 1. The molecule has 1 unspecified atom stereocenters. The molecule has 0 aliphatic carbocycles. The first-order valence-corrected chi connectivity index (χ1v) is 6.11. The molecule has 3 nitrogen and oxygen atoms in total. The third-order valence-corrected chi connectivity index (χ3v) is 3.52. The molecule has 0 radical (unpaired) electrons. The Hall–Kier alpha value is -0.610. The van der Waals surface area contributed by atoms with Gasteiger partial charge in [0.25, 0.3) is 0 Å². The summed E-state index contributed by atoms with van der Waals surface area (Å²) >= 11 is 1.72. The fourth-order valence-corrected chi connectivity index (χ4v) is 2.70. The molecule has 0 spiro atoms. The van der Waals surface area contributed by atoms with E-state index < -0.39 is 0 Å². The van der Waals surface area contributed by atoms with Gasteiger partial charge >= 0.3 is 0 Å². The van der Waals surface area contributed by atoms with E-state index in [1.165, 1.54) is 19.3 Å². The summed E-state index contributed by atoms with van der Waals surface area (Å²) in [6.07, 6.45) is 3.96. The Morgan fingerprint density at radius 3 is 2.71 bits per heavy atom. The molecule has 0 saturated carbocycles. The van der Waals surface area contributed by atoms with Crippen LogP contribution < -0.4 is 10.6 Å². The van der Waals surface area contributed by atoms with Gasteiger partial charge in [-0.05, 0) is 26.2 Å². The molecular weight excluding hydrogens is 194 g/mol. The molecule has 1 atom stereocenters. The summed E-state index contributed by atoms with van der Waals surface area (Å²) < 4.78 is 0. The van der Waals surface area contributed by atoms with E-state index in [1.807, 2.05) is 6.92 Å². The Kier molecular flexibility index (Phi) is 3.03. The zero-order chi connectivity index (χ0) is 9.97. The normalized spacial score (nSPS) is 19.7. The van der Waals surface area contributed by atoms with Crippen LogP contribution in [0, 0.1) is 0 Å². The van der Waals surface area contributed by atoms with Crippen LogP contribution in [0.5, 0.6) is 0 Å². The van der Waals surface area contributed by atoms with Crippen molar-refractivity contribution < 1.29 is 0 Å². The highest BCUT2D eigenvalue weighted by atomic mass is 32.1. The van der Waals surface area contributed by atoms with Crippen LogP contribution in [-0.2, 0) is 0 Å². The Morgan fingerprint density at radius 2 is 2.14 bits per heavy atom. The van der Waals surface area contributed by atoms with E-state index in [0.29, 0.717) is 0 Å². The molecule has 1 aromatic heterocycles. The van der Waals surface area contributed by atoms with Crippen LogP contribution in [-0.4, -0.2) is 18.1 Å². The second-order valence-electron chi connectivity index (χ2n) is 3.89. The summed E-state index contributed by atoms with van der Waals surface area (Å²) in [4.78, 5) is 6.93. The molecule has 14 heavy (non-hydrogen) atoms. The highest BCUT2D eigenvalue weighted by molar-refractivity contribution is 7.13. The minimum atomic E-state index is 0.0600. The predicted octanol–water partition coefficient (Wildman–Crippen LogP) is 2.15. The Labute approximate surface area is 88.9 Å². The molecule has 0 bridgehead atoms. The molecule has 1 fully saturated rings. The van der Waals surface area contributed by atoms with Crippen LogP contribution in [0.15, 0.2) is 5.38 Å². The molecule has 1 aliphatic heterocycles. The van der Waals surface area contributed by atoms with Crippen LogP contribution in [0.2, 0.25) is 0 Å². The zero-order valence-corrected chi connectivity index (χ0v) is 9.39. The molecule has 1 saturated heterocycles. The molecule has 2 heterocycles. The Bertz CT molecular complexity index is 289. The van der Waals surface area contributed by atoms with Gasteiger partial charge in [0.2, 0.25) is 0 Å². The lowest BCUT2D eigenvalue weighted by molar-refractivity contribution is 0.576. The predicted molar refractivity (Wildman–Crippen MR) is 60.8 cm³/mol. The Morgan fingerprint density at radius 1 is 1.43 bits per heavy atom. The van der Waals surface area contributed by atoms with Gasteiger partial charge in [-0.15, -0.1) is 11.3 Å². The van der Waals surface area contributed by atoms with Gasteiger partial charge in [-0.3, -0.25) is 0 Å². The lowest BCUT2D eigenvalue weighted by atomic mass is 10.1. The molecule has 2 N–H and O–H groups in total. The molecule has 4 heteroatoms. The number of nitrogens with zero attached hydrogens (tertiary/aromatic N) is 2. The van der Waals surface area contributed by atoms with Crippen molar-refractivity contribution in [2.24, 2.45) is 5.73 Å². The molecular formula is C10H17N3S. The number of anilines is 1. The summed E-state index contributed by atoms with van der Waals surface area (Å²) in [6.45, 7) is 4.30. The maximum Gasteiger partial charge on any atom is 0.185 e. The summed E-state index contributed by atoms with van der Waals surface area (Å²) in [5.41, 5.74) is 6.81. The third-order valence-electron chi connectivity index (χ3n) is 2.60. The van der Waals surface area contributed by atoms with Gasteiger partial charge in [-0.1, -0.05) is 0 Å². The quantitative estimate of drug-likeness (QED) is 0.815. The smallest absolute Gasteiger partial charge is 0.185 e. The molecule has 1 aromatic rings. The average Bonchev–Trinajstić information content (AvgIpc) is 2.68. The van der Waals surface area contributed by atoms with Crippen molar-refractivity contribution in [3.05, 3.63) is 11.1 Å². The van der Waals surface area contributed by atoms with Crippen LogP contribution in [0.25, 0.3) is 0 Å². The van der Waals surface area contributed by atoms with Crippen molar-refractivity contribution in [1.29, 1.82) is 0 Å². The van der Waals surface area contributed by atoms with E-state index in [9.17, 15) is 0 Å². The van der Waals surface area contributed by atoms with E-state index in [-0.39, 0.29) is 6.04 Å². The number of aromatic nitrogens is 1. The van der Waals surface area contributed by atoms with Crippen molar-refractivity contribution in [2.75, 3.05) is 18.0 Å². The van der Waals surface area contributed by atoms with E-state index >= 15 is 0 Å². The summed E-state index contributed by atoms with van der Waals surface area (Å²) in [6, 6.07) is 0.0600. The highest BCUT2D eigenvalue weighted by Gasteiger charge is 2.14. The standard InChI is InChI=1S/C10H17N3S/c1-8(11)9-7-14-10(12-9)13-5-3-2-4-6-13/h7-8H,2-6,11H2,1H3. The largest absolute Gasteiger partial charge is 0.348 e. The van der Waals surface area contributed by atoms with Crippen molar-refractivity contribution in [3.63, 3.8) is 0 Å². The van der Waals surface area contributed by atoms with E-state index in [1.54, 1.807) is 11.3 Å². The van der Waals surface area contributed by atoms with E-state index in [4.69, 9.17) is 5.73 Å². The lowest BCUT2D eigenvalue weighted by Gasteiger charge is -2.25. The maximum absolute atomic E-state index is 5.78. The van der Waals surface area contributed by atoms with Gasteiger partial charge in [0.1, 0.15) is 0 Å². The van der Waals surface area contributed by atoms with Crippen LogP contribution in [0.3, 0.4) is 0 Å². The van der Waals surface area contributed by atoms with Gasteiger partial charge in [0, 0.05) is 24.5 Å². The van der Waals surface area contributed by atoms with Gasteiger partial charge in [0.05, 0.1) is 5.69 Å². The maximum atomic E-state index is 5.78. The fraction of sp³-hybridized carbons (Fsp3) is 0.700. The number of hydrogen-bond donors (Lipinski definition) is 1. The number of thiazole rings is 1. The molecule has 2 rings (SSSR count). The first kappa shape index (κ1) is 9.93. The minimum absolute atomic E-state index is 0.0600. The average molecular weight is 211 g/mol. The van der Waals surface area contributed by atoms with E-state index in [2.05, 4.69) is 15.3 Å². The molecule has 0 amide bonds. The molecule has 78 valence electrons. The van der Waals surface area contributed by atoms with Crippen LogP contribution in [0.1, 0.15) is 37.9 Å². The Balaban J connectivity index is 2.07. The summed E-state index contributed by atoms with van der Waals surface area (Å²) in [7, 11) is 0. The SMILES string of the molecule is CC(N)c1csc(N2CCCCC2)n1. The fourth-order valence-electron chi connectivity index (χ4n) is 1.72. The first-order chi connectivity index (χ1) is 6.77. The monoisotopic (exact) mass is 211 g/mol. The van der Waals surface area contributed by atoms with Crippen LogP contribution >= 0.6 is 11.3 Å². The lowest BCUT2D eigenvalue weighted by Crippen LogP contribution is -2.29. The number of nitrogens with two attached hydrogens (primary N) is 1. The zero-order valence-electron chi connectivity index (χ0n) is 8.57. The molecule has 0 aromatic carbocycles. The van der Waals surface area contributed by atoms with Gasteiger partial charge in [-0.25, -0.2) is 4.98 Å². The number of hydrogen-bond acceptors (Lipinski definition) is 4. The first-order valence-electron chi connectivity index (χ1n) is 5.23. The van der Waals surface area contributed by atoms with E-state index in [0.717, 1.165) is 23.9 Å². The van der Waals surface area contributed by atoms with Gasteiger partial charge in [-0.2, -0.15) is 0 Å². The van der Waals surface area contributed by atoms with Gasteiger partial charge in [0.15, 0.2) is 5.13 Å². The third kappa shape index (κ3) is 2.07. The molecule has 1 aliphatic rings. The second kappa shape index (κ2) is 4.28. The topological polar surface area (TPSA) is 42.1 Å². The summed E-state index contributed by atoms with van der Waals surface area (Å²) in [5, 5.41) is 3.23. The minimum Gasteiger partial charge on any atom is -0.348 e. The number of rotatable bonds is 2. The summed E-state index contributed by atoms with van der Waals surface area (Å²) in [5.74, 6) is 0. The van der Waals surface area contributed by atoms with Crippen molar-refractivity contribution in [2.45, 2.75) is 32.2 Å². The second-order valence-corrected chi connectivity index (χ2v) is 4.73. The van der Waals surface area contributed by atoms with Crippen molar-refractivity contribution >= 4 is 16.5 Å². The highest BCUT2D eigenvalue weighted by Crippen LogP contribution is 2.25. The van der Waals surface area contributed by atoms with Crippen molar-refractivity contribution in [1.82, 2.24) is 4.98 Å². The van der Waals surface area contributed by atoms with Crippen molar-refractivity contribution in [3.8, 4) is 0 Å². The van der Waals surface area contributed by atoms with Gasteiger partial charge < -0.3 is 10.6 Å². The van der Waals surface area contributed by atoms with Crippen LogP contribution in [0.4, 0.5) is 5.13 Å².